The van der Waals surface area contributed by atoms with Crippen LogP contribution in [0.1, 0.15) is 23.7 Å². The maximum absolute atomic E-state index is 13.5. The quantitative estimate of drug-likeness (QED) is 0.821. The molecule has 1 aliphatic heterocycles. The first kappa shape index (κ1) is 13.7. The highest BCUT2D eigenvalue weighted by Gasteiger charge is 2.32. The number of nitrogens with zero attached hydrogens (tertiary/aromatic N) is 1. The third-order valence-electron chi connectivity index (χ3n) is 3.42. The molecular formula is C13H16FIN2O. The molecule has 1 aromatic carbocycles. The third kappa shape index (κ3) is 2.66. The molecule has 1 amide bonds. The predicted molar refractivity (Wildman–Crippen MR) is 76.8 cm³/mol. The second-order valence-electron chi connectivity index (χ2n) is 4.77. The number of benzene rings is 1. The van der Waals surface area contributed by atoms with E-state index < -0.39 is 0 Å². The highest BCUT2D eigenvalue weighted by Crippen LogP contribution is 2.24. The van der Waals surface area contributed by atoms with Crippen LogP contribution in [0, 0.1) is 15.3 Å². The molecule has 1 fully saturated rings. The second-order valence-corrected chi connectivity index (χ2v) is 5.94. The van der Waals surface area contributed by atoms with Gasteiger partial charge in [0.25, 0.3) is 5.91 Å². The number of carbonyl (C=O) groups excluding carboxylic acids is 1. The number of hydrogen-bond acceptors (Lipinski definition) is 2. The summed E-state index contributed by atoms with van der Waals surface area (Å²) >= 11 is 1.91. The summed E-state index contributed by atoms with van der Waals surface area (Å²) < 4.78 is 14.0. The molecule has 0 aliphatic carbocycles. The number of carbonyl (C=O) groups is 1. The van der Waals surface area contributed by atoms with Crippen molar-refractivity contribution in [2.75, 3.05) is 13.1 Å². The minimum absolute atomic E-state index is 0.103. The maximum Gasteiger partial charge on any atom is 0.254 e. The number of rotatable bonds is 2. The van der Waals surface area contributed by atoms with Gasteiger partial charge in [0.1, 0.15) is 5.82 Å². The zero-order valence-electron chi connectivity index (χ0n) is 10.2. The molecule has 0 bridgehead atoms. The average molecular weight is 362 g/mol. The molecule has 3 nitrogen and oxygen atoms in total. The van der Waals surface area contributed by atoms with E-state index in [1.807, 2.05) is 29.5 Å². The van der Waals surface area contributed by atoms with Crippen molar-refractivity contribution in [3.05, 3.63) is 33.1 Å². The molecule has 1 aromatic rings. The van der Waals surface area contributed by atoms with Gasteiger partial charge in [-0.15, -0.1) is 0 Å². The smallest absolute Gasteiger partial charge is 0.254 e. The van der Waals surface area contributed by atoms with E-state index in [0.29, 0.717) is 28.1 Å². The van der Waals surface area contributed by atoms with Gasteiger partial charge in [-0.1, -0.05) is 0 Å². The van der Waals surface area contributed by atoms with Crippen molar-refractivity contribution in [3.8, 4) is 0 Å². The summed E-state index contributed by atoms with van der Waals surface area (Å²) in [5.74, 6) is -0.0879. The summed E-state index contributed by atoms with van der Waals surface area (Å²) in [6, 6.07) is 4.79. The molecule has 0 spiro atoms. The van der Waals surface area contributed by atoms with E-state index in [1.54, 1.807) is 17.0 Å². The lowest BCUT2D eigenvalue weighted by Gasteiger charge is -2.21. The monoisotopic (exact) mass is 362 g/mol. The standard InChI is InChI=1S/C13H16FIN2O/c1-8-4-9(6-16)7-17(8)13(18)10-2-3-12(15)11(14)5-10/h2-3,5,8-9H,4,6-7,16H2,1H3. The van der Waals surface area contributed by atoms with Gasteiger partial charge in [0.15, 0.2) is 0 Å². The van der Waals surface area contributed by atoms with E-state index >= 15 is 0 Å². The SMILES string of the molecule is CC1CC(CN)CN1C(=O)c1ccc(I)c(F)c1. The van der Waals surface area contributed by atoms with Crippen molar-refractivity contribution >= 4 is 28.5 Å². The van der Waals surface area contributed by atoms with Gasteiger partial charge in [0, 0.05) is 21.7 Å². The summed E-state index contributed by atoms with van der Waals surface area (Å²) in [4.78, 5) is 14.1. The van der Waals surface area contributed by atoms with Crippen molar-refractivity contribution in [3.63, 3.8) is 0 Å². The van der Waals surface area contributed by atoms with E-state index in [2.05, 4.69) is 0 Å². The molecule has 2 unspecified atom stereocenters. The lowest BCUT2D eigenvalue weighted by atomic mass is 10.1. The zero-order chi connectivity index (χ0) is 13.3. The van der Waals surface area contributed by atoms with Gasteiger partial charge in [-0.2, -0.15) is 0 Å². The summed E-state index contributed by atoms with van der Waals surface area (Å²) in [7, 11) is 0. The van der Waals surface area contributed by atoms with Gasteiger partial charge in [0.2, 0.25) is 0 Å². The minimum Gasteiger partial charge on any atom is -0.336 e. The maximum atomic E-state index is 13.5. The zero-order valence-corrected chi connectivity index (χ0v) is 12.4. The Kier molecular flexibility index (Phi) is 4.21. The van der Waals surface area contributed by atoms with Gasteiger partial charge in [-0.3, -0.25) is 4.79 Å². The molecule has 1 aliphatic rings. The van der Waals surface area contributed by atoms with Crippen molar-refractivity contribution in [2.24, 2.45) is 11.7 Å². The number of hydrogen-bond donors (Lipinski definition) is 1. The number of nitrogens with two attached hydrogens (primary N) is 1. The van der Waals surface area contributed by atoms with Crippen LogP contribution in [0.5, 0.6) is 0 Å². The molecule has 1 heterocycles. The Balaban J connectivity index is 2.18. The van der Waals surface area contributed by atoms with Crippen LogP contribution in [0.3, 0.4) is 0 Å². The van der Waals surface area contributed by atoms with E-state index in [-0.39, 0.29) is 17.8 Å². The molecule has 1 saturated heterocycles. The number of halogens is 2. The van der Waals surface area contributed by atoms with Gasteiger partial charge in [0.05, 0.1) is 0 Å². The molecule has 0 aromatic heterocycles. The molecule has 5 heteroatoms. The molecule has 98 valence electrons. The summed E-state index contributed by atoms with van der Waals surface area (Å²) in [6.07, 6.45) is 0.926. The largest absolute Gasteiger partial charge is 0.336 e. The van der Waals surface area contributed by atoms with E-state index in [9.17, 15) is 9.18 Å². The highest BCUT2D eigenvalue weighted by molar-refractivity contribution is 14.1. The Labute approximate surface area is 120 Å². The molecule has 2 rings (SSSR count). The Morgan fingerprint density at radius 3 is 2.89 bits per heavy atom. The molecule has 0 radical (unpaired) electrons. The van der Waals surface area contributed by atoms with E-state index in [1.165, 1.54) is 6.07 Å². The first-order valence-corrected chi connectivity index (χ1v) is 7.07. The Morgan fingerprint density at radius 1 is 1.61 bits per heavy atom. The first-order valence-electron chi connectivity index (χ1n) is 5.99. The van der Waals surface area contributed by atoms with Crippen molar-refractivity contribution in [1.29, 1.82) is 0 Å². The topological polar surface area (TPSA) is 46.3 Å². The van der Waals surface area contributed by atoms with E-state index in [0.717, 1.165) is 6.42 Å². The molecule has 2 atom stereocenters. The predicted octanol–water partition coefficient (Wildman–Crippen LogP) is 2.24. The first-order chi connectivity index (χ1) is 8.52. The summed E-state index contributed by atoms with van der Waals surface area (Å²) in [5, 5.41) is 0. The van der Waals surface area contributed by atoms with Crippen LogP contribution in [0.2, 0.25) is 0 Å². The summed E-state index contributed by atoms with van der Waals surface area (Å²) in [6.45, 7) is 3.27. The Morgan fingerprint density at radius 2 is 2.33 bits per heavy atom. The fourth-order valence-electron chi connectivity index (χ4n) is 2.39. The number of likely N-dealkylation sites (tertiary alicyclic amines) is 1. The Hall–Kier alpha value is -0.690. The normalized spacial score (nSPS) is 23.4. The van der Waals surface area contributed by atoms with Crippen molar-refractivity contribution < 1.29 is 9.18 Å². The number of amides is 1. The lowest BCUT2D eigenvalue weighted by molar-refractivity contribution is 0.0743. The lowest BCUT2D eigenvalue weighted by Crippen LogP contribution is -2.34. The fraction of sp³-hybridized carbons (Fsp3) is 0.462. The van der Waals surface area contributed by atoms with Crippen LogP contribution < -0.4 is 5.73 Å². The Bertz CT molecular complexity index is 466. The molecular weight excluding hydrogens is 346 g/mol. The average Bonchev–Trinajstić information content (AvgIpc) is 2.73. The van der Waals surface area contributed by atoms with Crippen molar-refractivity contribution in [2.45, 2.75) is 19.4 Å². The van der Waals surface area contributed by atoms with Crippen LogP contribution in [0.25, 0.3) is 0 Å². The molecule has 0 saturated carbocycles. The van der Waals surface area contributed by atoms with Crippen LogP contribution in [-0.2, 0) is 0 Å². The molecule has 2 N–H and O–H groups in total. The van der Waals surface area contributed by atoms with Crippen LogP contribution in [0.4, 0.5) is 4.39 Å². The van der Waals surface area contributed by atoms with Crippen LogP contribution in [-0.4, -0.2) is 29.9 Å². The summed E-state index contributed by atoms with van der Waals surface area (Å²) in [5.41, 5.74) is 6.06. The van der Waals surface area contributed by atoms with Gasteiger partial charge in [-0.25, -0.2) is 4.39 Å². The molecule has 18 heavy (non-hydrogen) atoms. The van der Waals surface area contributed by atoms with Gasteiger partial charge >= 0.3 is 0 Å². The van der Waals surface area contributed by atoms with E-state index in [4.69, 9.17) is 5.73 Å². The van der Waals surface area contributed by atoms with Gasteiger partial charge in [-0.05, 0) is 66.6 Å². The third-order valence-corrected chi connectivity index (χ3v) is 4.30. The van der Waals surface area contributed by atoms with Crippen molar-refractivity contribution in [1.82, 2.24) is 4.90 Å². The highest BCUT2D eigenvalue weighted by atomic mass is 127. The second kappa shape index (κ2) is 5.52. The minimum atomic E-state index is -0.344. The van der Waals surface area contributed by atoms with Crippen LogP contribution in [0.15, 0.2) is 18.2 Å². The van der Waals surface area contributed by atoms with Gasteiger partial charge < -0.3 is 10.6 Å². The van der Waals surface area contributed by atoms with Crippen LogP contribution >= 0.6 is 22.6 Å². The fourth-order valence-corrected chi connectivity index (χ4v) is 2.73.